The van der Waals surface area contributed by atoms with E-state index in [1.54, 1.807) is 24.4 Å². The Balaban J connectivity index is 2.74. The van der Waals surface area contributed by atoms with Gasteiger partial charge in [0.15, 0.2) is 5.78 Å². The molecule has 0 aromatic carbocycles. The van der Waals surface area contributed by atoms with Crippen LogP contribution in [0.25, 0.3) is 0 Å². The summed E-state index contributed by atoms with van der Waals surface area (Å²) in [5.74, 6) is -0.279. The van der Waals surface area contributed by atoms with E-state index >= 15 is 0 Å². The van der Waals surface area contributed by atoms with Crippen LogP contribution in [0.1, 0.15) is 31.3 Å². The zero-order chi connectivity index (χ0) is 12.1. The Morgan fingerprint density at radius 1 is 1.31 bits per heavy atom. The molecule has 0 aliphatic rings. The van der Waals surface area contributed by atoms with Gasteiger partial charge in [-0.25, -0.2) is 0 Å². The molecule has 1 unspecified atom stereocenters. The first-order valence-electron chi connectivity index (χ1n) is 5.24. The van der Waals surface area contributed by atoms with E-state index in [2.05, 4.69) is 10.3 Å². The lowest BCUT2D eigenvalue weighted by molar-refractivity contribution is -0.119. The van der Waals surface area contributed by atoms with E-state index in [-0.39, 0.29) is 17.6 Å². The molecule has 0 radical (unpaired) electrons. The molecule has 4 nitrogen and oxygen atoms in total. The number of nitrogens with zero attached hydrogens (tertiary/aromatic N) is 1. The van der Waals surface area contributed by atoms with Gasteiger partial charge in [0.1, 0.15) is 5.69 Å². The van der Waals surface area contributed by atoms with Crippen molar-refractivity contribution in [2.45, 2.75) is 26.8 Å². The maximum atomic E-state index is 11.7. The average molecular weight is 220 g/mol. The monoisotopic (exact) mass is 220 g/mol. The molecule has 0 spiro atoms. The molecule has 16 heavy (non-hydrogen) atoms. The molecule has 0 aliphatic heterocycles. The van der Waals surface area contributed by atoms with Crippen molar-refractivity contribution < 1.29 is 9.59 Å². The number of pyridine rings is 1. The van der Waals surface area contributed by atoms with Crippen LogP contribution < -0.4 is 5.32 Å². The van der Waals surface area contributed by atoms with Crippen LogP contribution in [0, 0.1) is 5.92 Å². The molecule has 0 fully saturated rings. The van der Waals surface area contributed by atoms with Crippen LogP contribution in [0.5, 0.6) is 0 Å². The lowest BCUT2D eigenvalue weighted by atomic mass is 10.0. The van der Waals surface area contributed by atoms with Gasteiger partial charge in [0.05, 0.1) is 6.04 Å². The normalized spacial score (nSPS) is 12.2. The van der Waals surface area contributed by atoms with E-state index in [9.17, 15) is 9.59 Å². The molecule has 1 N–H and O–H groups in total. The van der Waals surface area contributed by atoms with Gasteiger partial charge >= 0.3 is 0 Å². The molecule has 1 heterocycles. The minimum absolute atomic E-state index is 0.0423. The first-order valence-corrected chi connectivity index (χ1v) is 5.24. The second-order valence-corrected chi connectivity index (χ2v) is 4.02. The molecule has 4 heteroatoms. The van der Waals surface area contributed by atoms with Crippen LogP contribution in [0.3, 0.4) is 0 Å². The van der Waals surface area contributed by atoms with Gasteiger partial charge in [0, 0.05) is 6.20 Å². The third kappa shape index (κ3) is 3.15. The highest BCUT2D eigenvalue weighted by molar-refractivity contribution is 5.96. The molecule has 1 atom stereocenters. The van der Waals surface area contributed by atoms with Crippen molar-refractivity contribution in [3.63, 3.8) is 0 Å². The Bertz CT molecular complexity index is 374. The number of hydrogen-bond acceptors (Lipinski definition) is 3. The van der Waals surface area contributed by atoms with Crippen molar-refractivity contribution in [3.05, 3.63) is 30.1 Å². The minimum atomic E-state index is -0.450. The number of carbonyl (C=O) groups excluding carboxylic acids is 2. The van der Waals surface area contributed by atoms with Gasteiger partial charge in [-0.2, -0.15) is 0 Å². The molecule has 1 aromatic rings. The van der Waals surface area contributed by atoms with Gasteiger partial charge in [-0.05, 0) is 25.0 Å². The third-order valence-electron chi connectivity index (χ3n) is 2.29. The molecule has 0 bridgehead atoms. The fourth-order valence-corrected chi connectivity index (χ4v) is 1.45. The van der Waals surface area contributed by atoms with Crippen molar-refractivity contribution in [2.24, 2.45) is 5.92 Å². The van der Waals surface area contributed by atoms with E-state index in [1.807, 2.05) is 13.8 Å². The first-order chi connectivity index (χ1) is 7.52. The van der Waals surface area contributed by atoms with Crippen molar-refractivity contribution >= 4 is 11.7 Å². The number of amides is 1. The largest absolute Gasteiger partial charge is 0.341 e. The van der Waals surface area contributed by atoms with Crippen molar-refractivity contribution in [3.8, 4) is 0 Å². The molecule has 0 saturated carbocycles. The average Bonchev–Trinajstić information content (AvgIpc) is 2.25. The molecule has 1 rings (SSSR count). The first kappa shape index (κ1) is 12.4. The summed E-state index contributed by atoms with van der Waals surface area (Å²) in [4.78, 5) is 27.0. The second-order valence-electron chi connectivity index (χ2n) is 4.02. The number of rotatable bonds is 4. The smallest absolute Gasteiger partial charge is 0.270 e. The predicted octanol–water partition coefficient (Wildman–Crippen LogP) is 1.42. The van der Waals surface area contributed by atoms with Crippen LogP contribution >= 0.6 is 0 Å². The number of nitrogens with one attached hydrogen (secondary N) is 1. The van der Waals surface area contributed by atoms with E-state index in [1.165, 1.54) is 6.92 Å². The molecule has 0 saturated heterocycles. The lowest BCUT2D eigenvalue weighted by Gasteiger charge is -2.19. The van der Waals surface area contributed by atoms with Crippen LogP contribution in [-0.2, 0) is 4.79 Å². The van der Waals surface area contributed by atoms with Gasteiger partial charge in [-0.1, -0.05) is 19.9 Å². The Kier molecular flexibility index (Phi) is 4.17. The number of Topliss-reactive ketones (excluding diaryl/α,β-unsaturated/α-hetero) is 1. The Morgan fingerprint density at radius 2 is 2.00 bits per heavy atom. The van der Waals surface area contributed by atoms with E-state index in [0.717, 1.165) is 0 Å². The third-order valence-corrected chi connectivity index (χ3v) is 2.29. The SMILES string of the molecule is CC(=O)C(NC(=O)c1ccccn1)C(C)C. The number of hydrogen-bond donors (Lipinski definition) is 1. The summed E-state index contributed by atoms with van der Waals surface area (Å²) < 4.78 is 0. The minimum Gasteiger partial charge on any atom is -0.341 e. The number of aromatic nitrogens is 1. The topological polar surface area (TPSA) is 59.1 Å². The number of carbonyl (C=O) groups is 2. The summed E-state index contributed by atoms with van der Waals surface area (Å²) in [6, 6.07) is 4.64. The molecule has 1 amide bonds. The molecule has 0 aliphatic carbocycles. The zero-order valence-corrected chi connectivity index (χ0v) is 9.73. The van der Waals surface area contributed by atoms with E-state index in [4.69, 9.17) is 0 Å². The predicted molar refractivity (Wildman–Crippen MR) is 61.0 cm³/mol. The molecular weight excluding hydrogens is 204 g/mol. The molecule has 1 aromatic heterocycles. The van der Waals surface area contributed by atoms with E-state index < -0.39 is 6.04 Å². The summed E-state index contributed by atoms with van der Waals surface area (Å²) in [6.07, 6.45) is 1.55. The summed E-state index contributed by atoms with van der Waals surface area (Å²) in [5.41, 5.74) is 0.328. The van der Waals surface area contributed by atoms with Gasteiger partial charge in [0.2, 0.25) is 0 Å². The summed E-state index contributed by atoms with van der Waals surface area (Å²) in [7, 11) is 0. The van der Waals surface area contributed by atoms with Gasteiger partial charge in [-0.3, -0.25) is 14.6 Å². The van der Waals surface area contributed by atoms with Crippen molar-refractivity contribution in [1.82, 2.24) is 10.3 Å². The van der Waals surface area contributed by atoms with Crippen LogP contribution in [0.4, 0.5) is 0 Å². The highest BCUT2D eigenvalue weighted by atomic mass is 16.2. The standard InChI is InChI=1S/C12H16N2O2/c1-8(2)11(9(3)15)14-12(16)10-6-4-5-7-13-10/h4-8,11H,1-3H3,(H,14,16). The Hall–Kier alpha value is -1.71. The maximum Gasteiger partial charge on any atom is 0.270 e. The van der Waals surface area contributed by atoms with Crippen LogP contribution in [0.2, 0.25) is 0 Å². The molecule has 86 valence electrons. The zero-order valence-electron chi connectivity index (χ0n) is 9.73. The summed E-state index contributed by atoms with van der Waals surface area (Å²) in [6.45, 7) is 5.26. The van der Waals surface area contributed by atoms with Crippen molar-refractivity contribution in [1.29, 1.82) is 0 Å². The Labute approximate surface area is 95.1 Å². The quantitative estimate of drug-likeness (QED) is 0.835. The number of ketones is 1. The van der Waals surface area contributed by atoms with E-state index in [0.29, 0.717) is 5.69 Å². The van der Waals surface area contributed by atoms with Crippen LogP contribution in [-0.4, -0.2) is 22.7 Å². The van der Waals surface area contributed by atoms with Gasteiger partial charge in [0.25, 0.3) is 5.91 Å². The second kappa shape index (κ2) is 5.39. The van der Waals surface area contributed by atoms with Crippen LogP contribution in [0.15, 0.2) is 24.4 Å². The summed E-state index contributed by atoms with van der Waals surface area (Å²) in [5, 5.41) is 2.68. The highest BCUT2D eigenvalue weighted by Crippen LogP contribution is 2.04. The lowest BCUT2D eigenvalue weighted by Crippen LogP contribution is -2.43. The fraction of sp³-hybridized carbons (Fsp3) is 0.417. The van der Waals surface area contributed by atoms with Gasteiger partial charge < -0.3 is 5.32 Å². The molecular formula is C12H16N2O2. The summed E-state index contributed by atoms with van der Waals surface area (Å²) >= 11 is 0. The van der Waals surface area contributed by atoms with Crippen molar-refractivity contribution in [2.75, 3.05) is 0 Å². The Morgan fingerprint density at radius 3 is 2.44 bits per heavy atom. The van der Waals surface area contributed by atoms with Gasteiger partial charge in [-0.15, -0.1) is 0 Å². The maximum absolute atomic E-state index is 11.7. The highest BCUT2D eigenvalue weighted by Gasteiger charge is 2.21. The fourth-order valence-electron chi connectivity index (χ4n) is 1.45.